The summed E-state index contributed by atoms with van der Waals surface area (Å²) < 4.78 is 11.5. The highest BCUT2D eigenvalue weighted by Crippen LogP contribution is 2.19. The van der Waals surface area contributed by atoms with Crippen molar-refractivity contribution in [3.63, 3.8) is 0 Å². The van der Waals surface area contributed by atoms with E-state index in [9.17, 15) is 4.79 Å². The van der Waals surface area contributed by atoms with Gasteiger partial charge in [-0.2, -0.15) is 0 Å². The van der Waals surface area contributed by atoms with Gasteiger partial charge in [0, 0.05) is 16.9 Å². The minimum Gasteiger partial charge on any atom is -0.494 e. The lowest BCUT2D eigenvalue weighted by atomic mass is 10.1. The summed E-state index contributed by atoms with van der Waals surface area (Å²) in [5, 5.41) is 0. The van der Waals surface area contributed by atoms with E-state index in [4.69, 9.17) is 9.47 Å². The number of Topliss-reactive ketones (excluding diaryl/α,β-unsaturated/α-hetero) is 1. The molecule has 3 rings (SSSR count). The Morgan fingerprint density at radius 3 is 2.59 bits per heavy atom. The quantitative estimate of drug-likeness (QED) is 0.404. The van der Waals surface area contributed by atoms with Crippen LogP contribution >= 0.6 is 11.3 Å². The molecule has 1 aromatic carbocycles. The number of benzene rings is 1. The topological polar surface area (TPSA) is 47.9 Å². The van der Waals surface area contributed by atoms with E-state index < -0.39 is 0 Å². The average molecular weight is 386 g/mol. The number of aryl methyl sites for hydroxylation is 1. The first-order valence-electron chi connectivity index (χ1n) is 9.66. The summed E-state index contributed by atoms with van der Waals surface area (Å²) >= 11 is 1.59. The van der Waals surface area contributed by atoms with Gasteiger partial charge in [0.2, 0.25) is 5.90 Å². The fraction of sp³-hybridized carbons (Fsp3) is 0.455. The monoisotopic (exact) mass is 385 g/mol. The molecule has 1 atom stereocenters. The van der Waals surface area contributed by atoms with Crippen LogP contribution < -0.4 is 4.74 Å². The molecule has 144 valence electrons. The third-order valence-corrected chi connectivity index (χ3v) is 5.53. The van der Waals surface area contributed by atoms with Gasteiger partial charge in [0.25, 0.3) is 0 Å². The summed E-state index contributed by atoms with van der Waals surface area (Å²) in [4.78, 5) is 18.5. The lowest BCUT2D eigenvalue weighted by Crippen LogP contribution is -2.08. The van der Waals surface area contributed by atoms with E-state index >= 15 is 0 Å². The molecular formula is C22H27NO3S. The molecule has 0 aliphatic carbocycles. The highest BCUT2D eigenvalue weighted by Gasteiger charge is 2.16. The summed E-state index contributed by atoms with van der Waals surface area (Å²) in [6.45, 7) is 5.48. The van der Waals surface area contributed by atoms with Gasteiger partial charge >= 0.3 is 0 Å². The highest BCUT2D eigenvalue weighted by molar-refractivity contribution is 7.14. The number of carbonyl (C=O) groups excluding carboxylic acids is 1. The number of aliphatic imine (C=N–C) groups is 1. The van der Waals surface area contributed by atoms with Crippen molar-refractivity contribution in [3.05, 3.63) is 51.7 Å². The van der Waals surface area contributed by atoms with Gasteiger partial charge in [-0.25, -0.2) is 4.99 Å². The van der Waals surface area contributed by atoms with E-state index in [1.165, 1.54) is 4.88 Å². The zero-order valence-corrected chi connectivity index (χ0v) is 16.9. The van der Waals surface area contributed by atoms with Crippen LogP contribution in [0, 0.1) is 6.92 Å². The van der Waals surface area contributed by atoms with Gasteiger partial charge in [-0.1, -0.05) is 12.8 Å². The van der Waals surface area contributed by atoms with Crippen molar-refractivity contribution in [2.45, 2.75) is 52.1 Å². The SMILES string of the molecule is Cc1ccc(C(=O)CCCCCCOc2ccc(C3=NC[C@H](C)O3)cc2)s1. The smallest absolute Gasteiger partial charge is 0.216 e. The Morgan fingerprint density at radius 2 is 1.93 bits per heavy atom. The van der Waals surface area contributed by atoms with Crippen LogP contribution in [0.4, 0.5) is 0 Å². The first kappa shape index (κ1) is 19.6. The Balaban J connectivity index is 1.27. The molecule has 0 radical (unpaired) electrons. The molecule has 1 aromatic heterocycles. The standard InChI is InChI=1S/C22H27NO3S/c1-16-15-23-22(26-16)18-9-11-19(12-10-18)25-14-6-4-3-5-7-20(24)21-13-8-17(2)27-21/h8-13,16H,3-7,14-15H2,1-2H3/t16-/m0/s1. The highest BCUT2D eigenvalue weighted by atomic mass is 32.1. The Labute approximate surface area is 165 Å². The Hall–Kier alpha value is -2.14. The van der Waals surface area contributed by atoms with Crippen molar-refractivity contribution in [2.24, 2.45) is 4.99 Å². The van der Waals surface area contributed by atoms with Crippen LogP contribution in [0.1, 0.15) is 59.1 Å². The molecule has 0 N–H and O–H groups in total. The largest absolute Gasteiger partial charge is 0.494 e. The maximum absolute atomic E-state index is 12.0. The summed E-state index contributed by atoms with van der Waals surface area (Å²) in [5.74, 6) is 1.87. The molecule has 0 fully saturated rings. The van der Waals surface area contributed by atoms with Crippen molar-refractivity contribution in [1.82, 2.24) is 0 Å². The number of ether oxygens (including phenoxy) is 2. The number of hydrogen-bond donors (Lipinski definition) is 0. The predicted octanol–water partition coefficient (Wildman–Crippen LogP) is 5.43. The number of ketones is 1. The second kappa shape index (κ2) is 9.70. The molecule has 0 amide bonds. The van der Waals surface area contributed by atoms with Crippen LogP contribution in [0.3, 0.4) is 0 Å². The number of rotatable bonds is 10. The maximum atomic E-state index is 12.0. The average Bonchev–Trinajstić information content (AvgIpc) is 3.30. The molecule has 2 aromatic rings. The van der Waals surface area contributed by atoms with Crippen molar-refractivity contribution in [3.8, 4) is 5.75 Å². The lowest BCUT2D eigenvalue weighted by Gasteiger charge is -2.08. The molecular weight excluding hydrogens is 358 g/mol. The Kier molecular flexibility index (Phi) is 7.04. The van der Waals surface area contributed by atoms with E-state index in [-0.39, 0.29) is 11.9 Å². The zero-order chi connectivity index (χ0) is 19.1. The molecule has 1 aliphatic heterocycles. The second-order valence-electron chi connectivity index (χ2n) is 6.94. The molecule has 1 aliphatic rings. The Bertz CT molecular complexity index is 779. The summed E-state index contributed by atoms with van der Waals surface area (Å²) in [7, 11) is 0. The van der Waals surface area contributed by atoms with E-state index in [1.54, 1.807) is 11.3 Å². The van der Waals surface area contributed by atoms with Gasteiger partial charge in [0.15, 0.2) is 5.78 Å². The van der Waals surface area contributed by atoms with E-state index in [1.807, 2.05) is 50.2 Å². The molecule has 0 saturated heterocycles. The first-order valence-corrected chi connectivity index (χ1v) is 10.5. The molecule has 0 bridgehead atoms. The fourth-order valence-electron chi connectivity index (χ4n) is 2.97. The van der Waals surface area contributed by atoms with Crippen molar-refractivity contribution >= 4 is 23.0 Å². The van der Waals surface area contributed by atoms with Crippen LogP contribution in [0.15, 0.2) is 41.4 Å². The van der Waals surface area contributed by atoms with Gasteiger partial charge in [0.1, 0.15) is 11.9 Å². The number of hydrogen-bond acceptors (Lipinski definition) is 5. The molecule has 27 heavy (non-hydrogen) atoms. The van der Waals surface area contributed by atoms with E-state index in [0.717, 1.165) is 54.3 Å². The summed E-state index contributed by atoms with van der Waals surface area (Å²) in [5.41, 5.74) is 0.998. The number of unbranched alkanes of at least 4 members (excludes halogenated alkanes) is 3. The third-order valence-electron chi connectivity index (χ3n) is 4.49. The predicted molar refractivity (Wildman–Crippen MR) is 110 cm³/mol. The molecule has 4 nitrogen and oxygen atoms in total. The second-order valence-corrected chi connectivity index (χ2v) is 8.23. The normalized spacial score (nSPS) is 16.1. The van der Waals surface area contributed by atoms with Crippen LogP contribution in [-0.4, -0.2) is 30.9 Å². The molecule has 0 spiro atoms. The van der Waals surface area contributed by atoms with E-state index in [0.29, 0.717) is 13.0 Å². The van der Waals surface area contributed by atoms with Crippen LogP contribution in [-0.2, 0) is 4.74 Å². The minimum atomic E-state index is 0.167. The van der Waals surface area contributed by atoms with Crippen LogP contribution in [0.5, 0.6) is 5.75 Å². The first-order chi connectivity index (χ1) is 13.1. The summed E-state index contributed by atoms with van der Waals surface area (Å²) in [6, 6.07) is 11.9. The van der Waals surface area contributed by atoms with Gasteiger partial charge < -0.3 is 9.47 Å². The van der Waals surface area contributed by atoms with Gasteiger partial charge in [-0.05, 0) is 63.1 Å². The summed E-state index contributed by atoms with van der Waals surface area (Å²) in [6.07, 6.45) is 4.91. The fourth-order valence-corrected chi connectivity index (χ4v) is 3.80. The number of nitrogens with zero attached hydrogens (tertiary/aromatic N) is 1. The minimum absolute atomic E-state index is 0.167. The molecule has 5 heteroatoms. The van der Waals surface area contributed by atoms with Gasteiger partial charge in [-0.3, -0.25) is 4.79 Å². The van der Waals surface area contributed by atoms with Gasteiger partial charge in [0.05, 0.1) is 18.0 Å². The third kappa shape index (κ3) is 5.93. The molecule has 2 heterocycles. The molecule has 0 unspecified atom stereocenters. The van der Waals surface area contributed by atoms with Crippen molar-refractivity contribution in [1.29, 1.82) is 0 Å². The van der Waals surface area contributed by atoms with E-state index in [2.05, 4.69) is 4.99 Å². The van der Waals surface area contributed by atoms with Crippen molar-refractivity contribution < 1.29 is 14.3 Å². The zero-order valence-electron chi connectivity index (χ0n) is 16.1. The van der Waals surface area contributed by atoms with Crippen LogP contribution in [0.2, 0.25) is 0 Å². The number of carbonyl (C=O) groups is 1. The van der Waals surface area contributed by atoms with Gasteiger partial charge in [-0.15, -0.1) is 11.3 Å². The van der Waals surface area contributed by atoms with Crippen molar-refractivity contribution in [2.75, 3.05) is 13.2 Å². The Morgan fingerprint density at radius 1 is 1.15 bits per heavy atom. The lowest BCUT2D eigenvalue weighted by molar-refractivity contribution is 0.0983. The maximum Gasteiger partial charge on any atom is 0.216 e. The van der Waals surface area contributed by atoms with Crippen LogP contribution in [0.25, 0.3) is 0 Å². The number of thiophene rings is 1. The molecule has 0 saturated carbocycles.